The van der Waals surface area contributed by atoms with Gasteiger partial charge in [-0.15, -0.1) is 0 Å². The molecule has 0 atom stereocenters. The maximum Gasteiger partial charge on any atom is 0.270 e. The van der Waals surface area contributed by atoms with Crippen LogP contribution in [0, 0.1) is 12.8 Å². The Morgan fingerprint density at radius 3 is 2.91 bits per heavy atom. The van der Waals surface area contributed by atoms with Crippen molar-refractivity contribution >= 4 is 23.2 Å². The molecule has 0 spiro atoms. The van der Waals surface area contributed by atoms with E-state index in [0.717, 1.165) is 30.2 Å². The number of hydrogen-bond acceptors (Lipinski definition) is 2. The van der Waals surface area contributed by atoms with Gasteiger partial charge in [-0.25, -0.2) is 4.98 Å². The van der Waals surface area contributed by atoms with Crippen molar-refractivity contribution in [3.63, 3.8) is 0 Å². The van der Waals surface area contributed by atoms with Crippen molar-refractivity contribution in [2.45, 2.75) is 51.9 Å². The van der Waals surface area contributed by atoms with Crippen LogP contribution in [-0.2, 0) is 0 Å². The van der Waals surface area contributed by atoms with Gasteiger partial charge in [0.25, 0.3) is 5.91 Å². The third-order valence-electron chi connectivity index (χ3n) is 4.77. The number of aromatic nitrogens is 2. The van der Waals surface area contributed by atoms with Gasteiger partial charge >= 0.3 is 0 Å². The van der Waals surface area contributed by atoms with E-state index < -0.39 is 0 Å². The Labute approximate surface area is 142 Å². The minimum atomic E-state index is -0.0686. The number of nitrogens with zero attached hydrogens (tertiary/aromatic N) is 2. The van der Waals surface area contributed by atoms with Crippen LogP contribution in [-0.4, -0.2) is 21.8 Å². The number of carbonyl (C=O) groups excluding carboxylic acids is 1. The van der Waals surface area contributed by atoms with E-state index in [1.165, 1.54) is 38.5 Å². The van der Waals surface area contributed by atoms with Gasteiger partial charge < -0.3 is 5.32 Å². The maximum atomic E-state index is 12.5. The molecule has 124 valence electrons. The van der Waals surface area contributed by atoms with Gasteiger partial charge in [0, 0.05) is 12.7 Å². The summed E-state index contributed by atoms with van der Waals surface area (Å²) in [5.41, 5.74) is 2.07. The Bertz CT molecular complexity index is 689. The summed E-state index contributed by atoms with van der Waals surface area (Å²) in [7, 11) is 0. The van der Waals surface area contributed by atoms with Crippen LogP contribution in [0.2, 0.25) is 5.02 Å². The Morgan fingerprint density at radius 2 is 2.13 bits per heavy atom. The second kappa shape index (κ2) is 7.35. The molecule has 1 saturated carbocycles. The van der Waals surface area contributed by atoms with Crippen LogP contribution in [0.4, 0.5) is 0 Å². The van der Waals surface area contributed by atoms with E-state index in [9.17, 15) is 4.79 Å². The molecular formula is C18H24ClN3O. The highest BCUT2D eigenvalue weighted by atomic mass is 35.5. The SMILES string of the molecule is Cc1nc2ccc(Cl)cn2c1C(=O)NCCCC1CCCCC1. The summed E-state index contributed by atoms with van der Waals surface area (Å²) in [6, 6.07) is 3.62. The molecule has 0 aliphatic heterocycles. The Hall–Kier alpha value is -1.55. The molecule has 0 unspecified atom stereocenters. The molecule has 2 heterocycles. The molecule has 23 heavy (non-hydrogen) atoms. The average Bonchev–Trinajstić information content (AvgIpc) is 2.87. The van der Waals surface area contributed by atoms with Crippen molar-refractivity contribution in [3.05, 3.63) is 34.7 Å². The van der Waals surface area contributed by atoms with Gasteiger partial charge in [0.1, 0.15) is 11.3 Å². The summed E-state index contributed by atoms with van der Waals surface area (Å²) in [4.78, 5) is 16.9. The maximum absolute atomic E-state index is 12.5. The van der Waals surface area contributed by atoms with Crippen LogP contribution in [0.15, 0.2) is 18.3 Å². The molecule has 2 aromatic heterocycles. The summed E-state index contributed by atoms with van der Waals surface area (Å²) in [6.45, 7) is 2.58. The van der Waals surface area contributed by atoms with E-state index in [1.54, 1.807) is 16.7 Å². The van der Waals surface area contributed by atoms with E-state index in [4.69, 9.17) is 11.6 Å². The van der Waals surface area contributed by atoms with E-state index in [2.05, 4.69) is 10.3 Å². The third kappa shape index (κ3) is 3.86. The molecule has 3 rings (SSSR count). The first-order valence-electron chi connectivity index (χ1n) is 8.57. The molecule has 0 bridgehead atoms. The molecular weight excluding hydrogens is 310 g/mol. The third-order valence-corrected chi connectivity index (χ3v) is 4.99. The van der Waals surface area contributed by atoms with Crippen molar-refractivity contribution in [1.82, 2.24) is 14.7 Å². The number of amides is 1. The predicted molar refractivity (Wildman–Crippen MR) is 93.1 cm³/mol. The quantitative estimate of drug-likeness (QED) is 0.825. The number of imidazole rings is 1. The van der Waals surface area contributed by atoms with Crippen molar-refractivity contribution < 1.29 is 4.79 Å². The van der Waals surface area contributed by atoms with Gasteiger partial charge in [0.05, 0.1) is 10.7 Å². The number of halogens is 1. The molecule has 5 heteroatoms. The van der Waals surface area contributed by atoms with Crippen LogP contribution >= 0.6 is 11.6 Å². The zero-order valence-electron chi connectivity index (χ0n) is 13.6. The standard InChI is InChI=1S/C18H24ClN3O/c1-13-17(22-12-15(19)9-10-16(22)21-13)18(23)20-11-5-8-14-6-3-2-4-7-14/h9-10,12,14H,2-8,11H2,1H3,(H,20,23). The Balaban J connectivity index is 1.58. The van der Waals surface area contributed by atoms with Crippen LogP contribution in [0.25, 0.3) is 5.65 Å². The lowest BCUT2D eigenvalue weighted by Gasteiger charge is -2.21. The fourth-order valence-electron chi connectivity index (χ4n) is 3.56. The molecule has 1 aliphatic rings. The number of rotatable bonds is 5. The molecule has 0 saturated heterocycles. The highest BCUT2D eigenvalue weighted by molar-refractivity contribution is 6.30. The average molecular weight is 334 g/mol. The number of hydrogen-bond donors (Lipinski definition) is 1. The fourth-order valence-corrected chi connectivity index (χ4v) is 3.72. The van der Waals surface area contributed by atoms with Crippen LogP contribution < -0.4 is 5.32 Å². The number of pyridine rings is 1. The lowest BCUT2D eigenvalue weighted by molar-refractivity contribution is 0.0945. The largest absolute Gasteiger partial charge is 0.351 e. The smallest absolute Gasteiger partial charge is 0.270 e. The first-order valence-corrected chi connectivity index (χ1v) is 8.95. The van der Waals surface area contributed by atoms with Crippen molar-refractivity contribution in [2.75, 3.05) is 6.54 Å². The molecule has 4 nitrogen and oxygen atoms in total. The van der Waals surface area contributed by atoms with Crippen molar-refractivity contribution in [3.8, 4) is 0 Å². The molecule has 0 radical (unpaired) electrons. The highest BCUT2D eigenvalue weighted by Crippen LogP contribution is 2.27. The lowest BCUT2D eigenvalue weighted by Crippen LogP contribution is -2.26. The fraction of sp³-hybridized carbons (Fsp3) is 0.556. The first kappa shape index (κ1) is 16.3. The Kier molecular flexibility index (Phi) is 5.21. The van der Waals surface area contributed by atoms with Gasteiger partial charge in [-0.3, -0.25) is 9.20 Å². The van der Waals surface area contributed by atoms with Crippen LogP contribution in [0.5, 0.6) is 0 Å². The molecule has 2 aromatic rings. The summed E-state index contributed by atoms with van der Waals surface area (Å²) in [5, 5.41) is 3.63. The number of fused-ring (bicyclic) bond motifs is 1. The van der Waals surface area contributed by atoms with E-state index >= 15 is 0 Å². The molecule has 1 N–H and O–H groups in total. The van der Waals surface area contributed by atoms with Gasteiger partial charge in [-0.2, -0.15) is 0 Å². The number of aryl methyl sites for hydroxylation is 1. The summed E-state index contributed by atoms with van der Waals surface area (Å²) < 4.78 is 1.77. The normalized spacial score (nSPS) is 15.9. The van der Waals surface area contributed by atoms with Gasteiger partial charge in [-0.1, -0.05) is 43.7 Å². The van der Waals surface area contributed by atoms with Crippen LogP contribution in [0.3, 0.4) is 0 Å². The first-order chi connectivity index (χ1) is 11.1. The number of nitrogens with one attached hydrogen (secondary N) is 1. The van der Waals surface area contributed by atoms with Crippen molar-refractivity contribution in [1.29, 1.82) is 0 Å². The molecule has 1 fully saturated rings. The predicted octanol–water partition coefficient (Wildman–Crippen LogP) is 4.39. The second-order valence-electron chi connectivity index (χ2n) is 6.52. The summed E-state index contributed by atoms with van der Waals surface area (Å²) >= 11 is 6.04. The zero-order chi connectivity index (χ0) is 16.2. The van der Waals surface area contributed by atoms with E-state index in [0.29, 0.717) is 10.7 Å². The second-order valence-corrected chi connectivity index (χ2v) is 6.96. The Morgan fingerprint density at radius 1 is 1.35 bits per heavy atom. The van der Waals surface area contributed by atoms with Gasteiger partial charge in [0.15, 0.2) is 0 Å². The monoisotopic (exact) mass is 333 g/mol. The molecule has 1 aliphatic carbocycles. The summed E-state index contributed by atoms with van der Waals surface area (Å²) in [5.74, 6) is 0.790. The minimum absolute atomic E-state index is 0.0686. The highest BCUT2D eigenvalue weighted by Gasteiger charge is 2.17. The molecule has 1 amide bonds. The molecule has 0 aromatic carbocycles. The topological polar surface area (TPSA) is 46.4 Å². The van der Waals surface area contributed by atoms with Crippen LogP contribution in [0.1, 0.15) is 61.1 Å². The van der Waals surface area contributed by atoms with E-state index in [1.807, 2.05) is 13.0 Å². The minimum Gasteiger partial charge on any atom is -0.351 e. The van der Waals surface area contributed by atoms with E-state index in [-0.39, 0.29) is 5.91 Å². The van der Waals surface area contributed by atoms with Crippen molar-refractivity contribution in [2.24, 2.45) is 5.92 Å². The van der Waals surface area contributed by atoms with Gasteiger partial charge in [0.2, 0.25) is 0 Å². The number of carbonyl (C=O) groups is 1. The summed E-state index contributed by atoms with van der Waals surface area (Å²) in [6.07, 6.45) is 10.9. The lowest BCUT2D eigenvalue weighted by atomic mass is 9.86. The zero-order valence-corrected chi connectivity index (χ0v) is 14.4. The van der Waals surface area contributed by atoms with Gasteiger partial charge in [-0.05, 0) is 37.8 Å².